The molecule has 32 heavy (non-hydrogen) atoms. The van der Waals surface area contributed by atoms with Gasteiger partial charge in [0.1, 0.15) is 0 Å². The number of allylic oxidation sites excluding steroid dienone is 2. The monoisotopic (exact) mass is 562 g/mol. The molecule has 0 N–H and O–H groups in total. The van der Waals surface area contributed by atoms with Gasteiger partial charge in [0.15, 0.2) is 0 Å². The van der Waals surface area contributed by atoms with Crippen molar-refractivity contribution in [2.24, 2.45) is 0 Å². The van der Waals surface area contributed by atoms with E-state index in [1.807, 2.05) is 12.1 Å². The number of rotatable bonds is 16. The first-order valence-corrected chi connectivity index (χ1v) is 20.3. The van der Waals surface area contributed by atoms with Crippen molar-refractivity contribution in [1.82, 2.24) is 0 Å². The Morgan fingerprint density at radius 1 is 0.844 bits per heavy atom. The van der Waals surface area contributed by atoms with Crippen LogP contribution in [0.15, 0.2) is 24.3 Å². The molecule has 1 aromatic rings. The van der Waals surface area contributed by atoms with Gasteiger partial charge in [-0.1, -0.05) is 0 Å². The fraction of sp³-hybridized carbons (Fsp3) is 0.704. The second kappa shape index (κ2) is 15.3. The first-order valence-electron chi connectivity index (χ1n) is 12.9. The van der Waals surface area contributed by atoms with E-state index in [1.54, 1.807) is 0 Å². The van der Waals surface area contributed by atoms with E-state index in [-0.39, 0.29) is 5.75 Å². The van der Waals surface area contributed by atoms with Crippen molar-refractivity contribution in [2.75, 3.05) is 0 Å². The first kappa shape index (κ1) is 29.4. The van der Waals surface area contributed by atoms with Crippen LogP contribution in [0.4, 0.5) is 13.2 Å². The van der Waals surface area contributed by atoms with Gasteiger partial charge in [-0.2, -0.15) is 0 Å². The molecule has 5 heteroatoms. The van der Waals surface area contributed by atoms with Gasteiger partial charge in [-0.15, -0.1) is 0 Å². The van der Waals surface area contributed by atoms with Crippen molar-refractivity contribution < 1.29 is 17.9 Å². The molecular weight excluding hydrogens is 516 g/mol. The molecule has 1 aromatic carbocycles. The summed E-state index contributed by atoms with van der Waals surface area (Å²) in [6.45, 7) is 11.0. The quantitative estimate of drug-likeness (QED) is 0.183. The molecule has 0 atom stereocenters. The van der Waals surface area contributed by atoms with Crippen LogP contribution in [0.2, 0.25) is 13.3 Å². The molecule has 0 bridgehead atoms. The van der Waals surface area contributed by atoms with E-state index in [1.165, 1.54) is 53.4 Å². The van der Waals surface area contributed by atoms with E-state index < -0.39 is 24.7 Å². The van der Waals surface area contributed by atoms with Crippen LogP contribution >= 0.6 is 0 Å². The zero-order valence-corrected chi connectivity index (χ0v) is 23.9. The Morgan fingerprint density at radius 2 is 1.41 bits per heavy atom. The van der Waals surface area contributed by atoms with Crippen LogP contribution in [0.25, 0.3) is 5.57 Å². The fourth-order valence-corrected chi connectivity index (χ4v) is 21.6. The number of alkyl halides is 3. The molecule has 1 rings (SSSR count). The number of unbranched alkanes of at least 4 members (excludes halogenated alkanes) is 4. The molecule has 0 heterocycles. The standard InChI is InChI=1S/C15H18F3O.3C4H9.Sn/c1-3-5-7-12(6-4-2)13-8-10-14(11-9-13)19-15(16,17)18;3*1-3-4-2;/h7-8,10-11H,3-6H2,1-2H3;3*1,3-4H2,2H3;/b12-7+;;;;. The molecule has 0 saturated heterocycles. The van der Waals surface area contributed by atoms with Gasteiger partial charge in [0.25, 0.3) is 0 Å². The summed E-state index contributed by atoms with van der Waals surface area (Å²) < 4.78 is 48.7. The zero-order valence-electron chi connectivity index (χ0n) is 21.0. The number of halogens is 3. The summed E-state index contributed by atoms with van der Waals surface area (Å²) in [4.78, 5) is 0. The molecule has 0 aliphatic carbocycles. The van der Waals surface area contributed by atoms with E-state index in [0.29, 0.717) is 0 Å². The Kier molecular flexibility index (Phi) is 14.0. The number of hydrogen-bond acceptors (Lipinski definition) is 1. The Balaban J connectivity index is 3.75. The van der Waals surface area contributed by atoms with Gasteiger partial charge in [-0.3, -0.25) is 0 Å². The van der Waals surface area contributed by atoms with Crippen molar-refractivity contribution in [3.8, 4) is 5.75 Å². The van der Waals surface area contributed by atoms with E-state index in [4.69, 9.17) is 0 Å². The van der Waals surface area contributed by atoms with Crippen LogP contribution in [0, 0.1) is 0 Å². The normalized spacial score (nSPS) is 12.9. The predicted molar refractivity (Wildman–Crippen MR) is 135 cm³/mol. The molecule has 1 nitrogen and oxygen atoms in total. The number of ether oxygens (including phenoxy) is 1. The first-order chi connectivity index (χ1) is 15.3. The Bertz CT molecular complexity index is 660. The number of benzene rings is 1. The molecule has 0 saturated carbocycles. The van der Waals surface area contributed by atoms with Crippen LogP contribution in [0.5, 0.6) is 5.75 Å². The summed E-state index contributed by atoms with van der Waals surface area (Å²) in [7, 11) is 0. The Hall–Kier alpha value is -0.651. The van der Waals surface area contributed by atoms with Crippen LogP contribution in [0.3, 0.4) is 0 Å². The van der Waals surface area contributed by atoms with Crippen LogP contribution < -0.4 is 8.32 Å². The second-order valence-electron chi connectivity index (χ2n) is 9.11. The average Bonchev–Trinajstić information content (AvgIpc) is 2.75. The van der Waals surface area contributed by atoms with Crippen molar-refractivity contribution in [3.63, 3.8) is 0 Å². The van der Waals surface area contributed by atoms with E-state index in [0.717, 1.165) is 44.9 Å². The molecule has 0 aliphatic rings. The van der Waals surface area contributed by atoms with Crippen molar-refractivity contribution in [1.29, 1.82) is 0 Å². The summed E-state index contributed by atoms with van der Waals surface area (Å²) >= 11 is -2.98. The van der Waals surface area contributed by atoms with Gasteiger partial charge in [0.2, 0.25) is 0 Å². The van der Waals surface area contributed by atoms with Gasteiger partial charge >= 0.3 is 200 Å². The minimum absolute atomic E-state index is 0.0341. The topological polar surface area (TPSA) is 9.23 Å². The van der Waals surface area contributed by atoms with Gasteiger partial charge in [0, 0.05) is 0 Å². The van der Waals surface area contributed by atoms with Crippen molar-refractivity contribution in [2.45, 2.75) is 118 Å². The van der Waals surface area contributed by atoms with E-state index in [2.05, 4.69) is 45.4 Å². The SMILES string of the molecule is CCC/C=C(\CCC)c1ccc(OC(F)(F)F)c[c]1[Sn]([CH2]CCC)([CH2]CCC)[CH2]CCC. The van der Waals surface area contributed by atoms with E-state index in [9.17, 15) is 13.2 Å². The van der Waals surface area contributed by atoms with E-state index >= 15 is 0 Å². The maximum atomic E-state index is 13.1. The zero-order chi connectivity index (χ0) is 24.0. The fourth-order valence-electron chi connectivity index (χ4n) is 4.70. The third-order valence-electron chi connectivity index (χ3n) is 6.37. The van der Waals surface area contributed by atoms with Crippen molar-refractivity contribution >= 4 is 27.5 Å². The molecule has 0 aromatic heterocycles. The predicted octanol–water partition coefficient (Wildman–Crippen LogP) is 9.62. The maximum absolute atomic E-state index is 13.1. The molecule has 0 fully saturated rings. The summed E-state index contributed by atoms with van der Waals surface area (Å²) in [5, 5.41) is 0. The van der Waals surface area contributed by atoms with Gasteiger partial charge < -0.3 is 0 Å². The third-order valence-corrected chi connectivity index (χ3v) is 22.0. The Morgan fingerprint density at radius 3 is 1.84 bits per heavy atom. The number of hydrogen-bond donors (Lipinski definition) is 0. The summed E-state index contributed by atoms with van der Waals surface area (Å²) in [5.41, 5.74) is 2.56. The molecule has 0 unspecified atom stereocenters. The Labute approximate surface area is 199 Å². The minimum atomic E-state index is -4.66. The molecule has 0 amide bonds. The summed E-state index contributed by atoms with van der Waals surface area (Å²) in [6, 6.07) is 5.30. The molecule has 0 spiro atoms. The molecule has 184 valence electrons. The van der Waals surface area contributed by atoms with Crippen LogP contribution in [0.1, 0.15) is 104 Å². The molecule has 0 radical (unpaired) electrons. The van der Waals surface area contributed by atoms with Gasteiger partial charge in [-0.05, 0) is 0 Å². The average molecular weight is 561 g/mol. The molecule has 0 aliphatic heterocycles. The summed E-state index contributed by atoms with van der Waals surface area (Å²) in [5.74, 6) is -0.0341. The third kappa shape index (κ3) is 9.69. The van der Waals surface area contributed by atoms with Crippen LogP contribution in [-0.2, 0) is 0 Å². The van der Waals surface area contributed by atoms with Gasteiger partial charge in [0.05, 0.1) is 0 Å². The van der Waals surface area contributed by atoms with Crippen LogP contribution in [-0.4, -0.2) is 24.7 Å². The van der Waals surface area contributed by atoms with Gasteiger partial charge in [-0.25, -0.2) is 0 Å². The molecular formula is C27H45F3OSn. The second-order valence-corrected chi connectivity index (χ2v) is 22.2. The van der Waals surface area contributed by atoms with Crippen molar-refractivity contribution in [3.05, 3.63) is 29.8 Å². The summed E-state index contributed by atoms with van der Waals surface area (Å²) in [6.07, 6.45) is 8.72.